The van der Waals surface area contributed by atoms with E-state index in [4.69, 9.17) is 13.3 Å². The Kier molecular flexibility index (Phi) is 27.2. The fraction of sp³-hybridized carbons (Fsp3) is 0. The molecule has 0 spiro atoms. The van der Waals surface area contributed by atoms with Gasteiger partial charge >= 0.3 is 51.4 Å². The molecular formula is H3IrKO3S. The van der Waals surface area contributed by atoms with Crippen LogP contribution in [0.5, 0.6) is 0 Å². The maximum atomic E-state index is 8.67. The van der Waals surface area contributed by atoms with Gasteiger partial charge in [0.05, 0.1) is 0 Å². The van der Waals surface area contributed by atoms with E-state index in [1.807, 2.05) is 0 Å². The van der Waals surface area contributed by atoms with E-state index in [0.717, 1.165) is 0 Å². The second-order valence-corrected chi connectivity index (χ2v) is 0.692. The van der Waals surface area contributed by atoms with E-state index in [0.29, 0.717) is 0 Å². The van der Waals surface area contributed by atoms with Crippen LogP contribution in [0, 0.1) is 0 Å². The zero-order valence-corrected chi connectivity index (χ0v) is 9.38. The molecule has 0 aliphatic carbocycles. The Morgan fingerprint density at radius 3 is 1.50 bits per heavy atom. The SMILES string of the molecule is O=S(O)O.[H-].[Ir].[K+]. The van der Waals surface area contributed by atoms with Crippen molar-refractivity contribution >= 4 is 11.4 Å². The van der Waals surface area contributed by atoms with Gasteiger partial charge in [-0.15, -0.1) is 0 Å². The molecule has 0 heterocycles. The van der Waals surface area contributed by atoms with Gasteiger partial charge in [-0.1, -0.05) is 0 Å². The molecule has 0 aromatic rings. The van der Waals surface area contributed by atoms with Gasteiger partial charge < -0.3 is 1.43 Å². The first kappa shape index (κ1) is 15.8. The minimum Gasteiger partial charge on any atom is -1.00 e. The predicted octanol–water partition coefficient (Wildman–Crippen LogP) is -3.20. The van der Waals surface area contributed by atoms with Crippen LogP contribution >= 0.6 is 0 Å². The van der Waals surface area contributed by atoms with E-state index in [1.54, 1.807) is 0 Å². The van der Waals surface area contributed by atoms with Crippen molar-refractivity contribution in [3.8, 4) is 0 Å². The molecule has 2 N–H and O–H groups in total. The Balaban J connectivity index is -0.0000000150. The smallest absolute Gasteiger partial charge is 1.00 e. The fourth-order valence-electron chi connectivity index (χ4n) is 0. The molecule has 6 heavy (non-hydrogen) atoms. The molecule has 0 aliphatic heterocycles. The van der Waals surface area contributed by atoms with Crippen LogP contribution in [0.2, 0.25) is 0 Å². The van der Waals surface area contributed by atoms with Gasteiger partial charge in [-0.05, 0) is 0 Å². The quantitative estimate of drug-likeness (QED) is 0.366. The molecule has 0 saturated heterocycles. The van der Waals surface area contributed by atoms with E-state index in [2.05, 4.69) is 0 Å². The molecule has 0 amide bonds. The predicted molar refractivity (Wildman–Crippen MR) is 14.5 cm³/mol. The van der Waals surface area contributed by atoms with Crippen LogP contribution in [0.15, 0.2) is 0 Å². The van der Waals surface area contributed by atoms with Gasteiger partial charge in [0.2, 0.25) is 0 Å². The Morgan fingerprint density at radius 2 is 1.50 bits per heavy atom. The van der Waals surface area contributed by atoms with Crippen LogP contribution in [-0.4, -0.2) is 13.3 Å². The van der Waals surface area contributed by atoms with Crippen molar-refractivity contribution in [2.45, 2.75) is 0 Å². The summed E-state index contributed by atoms with van der Waals surface area (Å²) in [5.74, 6) is 0. The molecule has 3 nitrogen and oxygen atoms in total. The summed E-state index contributed by atoms with van der Waals surface area (Å²) in [4.78, 5) is 0. The Morgan fingerprint density at radius 1 is 1.50 bits per heavy atom. The molecule has 0 fully saturated rings. The van der Waals surface area contributed by atoms with E-state index in [9.17, 15) is 0 Å². The van der Waals surface area contributed by atoms with Crippen molar-refractivity contribution in [2.75, 3.05) is 0 Å². The average molecular weight is 314 g/mol. The van der Waals surface area contributed by atoms with E-state index < -0.39 is 11.4 Å². The zero-order valence-electron chi connectivity index (χ0n) is 4.04. The number of hydrogen-bond acceptors (Lipinski definition) is 1. The third kappa shape index (κ3) is 32.9. The van der Waals surface area contributed by atoms with Crippen molar-refractivity contribution < 1.29 is 86.2 Å². The summed E-state index contributed by atoms with van der Waals surface area (Å²) >= 11 is -2.61. The second kappa shape index (κ2) is 10.4. The first-order chi connectivity index (χ1) is 1.73. The third-order valence-corrected chi connectivity index (χ3v) is 0. The van der Waals surface area contributed by atoms with Gasteiger partial charge in [-0.25, -0.2) is 0 Å². The van der Waals surface area contributed by atoms with Crippen molar-refractivity contribution in [2.24, 2.45) is 0 Å². The van der Waals surface area contributed by atoms with Gasteiger partial charge in [0.1, 0.15) is 0 Å². The third-order valence-electron chi connectivity index (χ3n) is 0. The van der Waals surface area contributed by atoms with Crippen LogP contribution in [0.1, 0.15) is 1.43 Å². The summed E-state index contributed by atoms with van der Waals surface area (Å²) in [7, 11) is 0. The summed E-state index contributed by atoms with van der Waals surface area (Å²) < 4.78 is 22.8. The van der Waals surface area contributed by atoms with Gasteiger partial charge in [0.15, 0.2) is 0 Å². The monoisotopic (exact) mass is 315 g/mol. The van der Waals surface area contributed by atoms with Crippen molar-refractivity contribution in [3.63, 3.8) is 0 Å². The van der Waals surface area contributed by atoms with Crippen LogP contribution in [-0.2, 0) is 31.5 Å². The molecule has 0 unspecified atom stereocenters. The largest absolute Gasteiger partial charge is 1.00 e. The fourth-order valence-corrected chi connectivity index (χ4v) is 0. The van der Waals surface area contributed by atoms with Crippen LogP contribution in [0.25, 0.3) is 0 Å². The second-order valence-electron chi connectivity index (χ2n) is 0.231. The molecule has 0 atom stereocenters. The maximum Gasteiger partial charge on any atom is 1.00 e. The van der Waals surface area contributed by atoms with E-state index in [1.165, 1.54) is 0 Å². The summed E-state index contributed by atoms with van der Waals surface area (Å²) in [6.07, 6.45) is 0. The minimum absolute atomic E-state index is 0. The maximum absolute atomic E-state index is 8.67. The van der Waals surface area contributed by atoms with E-state index in [-0.39, 0.29) is 72.9 Å². The molecule has 1 radical (unpaired) electrons. The van der Waals surface area contributed by atoms with Crippen LogP contribution < -0.4 is 51.4 Å². The molecular weight excluding hydrogens is 311 g/mol. The van der Waals surface area contributed by atoms with Gasteiger partial charge in [-0.3, -0.25) is 9.11 Å². The van der Waals surface area contributed by atoms with Gasteiger partial charge in [0, 0.05) is 20.1 Å². The van der Waals surface area contributed by atoms with Crippen molar-refractivity contribution in [1.29, 1.82) is 0 Å². The number of rotatable bonds is 0. The van der Waals surface area contributed by atoms with Gasteiger partial charge in [-0.2, -0.15) is 4.21 Å². The summed E-state index contributed by atoms with van der Waals surface area (Å²) in [6, 6.07) is 0. The van der Waals surface area contributed by atoms with Crippen molar-refractivity contribution in [3.05, 3.63) is 0 Å². The Hall–Kier alpha value is 2.36. The number of hydrogen-bond donors (Lipinski definition) is 2. The molecule has 6 heteroatoms. The van der Waals surface area contributed by atoms with Crippen LogP contribution in [0.4, 0.5) is 0 Å². The topological polar surface area (TPSA) is 57.5 Å². The first-order valence-electron chi connectivity index (χ1n) is 0.532. The minimum atomic E-state index is -2.61. The first-order valence-corrected chi connectivity index (χ1v) is 1.60. The summed E-state index contributed by atoms with van der Waals surface area (Å²) in [5, 5.41) is 0. The standard InChI is InChI=1S/Ir.K.H2O3S.H/c;;1-4(2)3;/h;;(H2,1,2,3);/q;+1;;-1. The molecule has 37 valence electrons. The Labute approximate surface area is 95.6 Å². The Bertz CT molecular complexity index is 37.9. The molecule has 0 aromatic heterocycles. The average Bonchev–Trinajstić information content (AvgIpc) is 0.811. The zero-order chi connectivity index (χ0) is 3.58. The molecule has 0 saturated carbocycles. The van der Waals surface area contributed by atoms with Gasteiger partial charge in [0.25, 0.3) is 11.4 Å². The molecule has 0 aliphatic rings. The molecule has 0 aromatic carbocycles. The normalized spacial score (nSPS) is 5.83. The van der Waals surface area contributed by atoms with E-state index >= 15 is 0 Å². The summed E-state index contributed by atoms with van der Waals surface area (Å²) in [5.41, 5.74) is 0. The summed E-state index contributed by atoms with van der Waals surface area (Å²) in [6.45, 7) is 0. The van der Waals surface area contributed by atoms with Crippen molar-refractivity contribution in [1.82, 2.24) is 0 Å². The van der Waals surface area contributed by atoms with Crippen LogP contribution in [0.3, 0.4) is 0 Å². The molecule has 0 bridgehead atoms. The molecule has 0 rings (SSSR count).